The smallest absolute Gasteiger partial charge is 0.224 e. The zero-order valence-corrected chi connectivity index (χ0v) is 14.6. The Morgan fingerprint density at radius 2 is 1.81 bits per heavy atom. The topological polar surface area (TPSA) is 51.2 Å². The molecular weight excluding hydrogens is 324 g/mol. The van der Waals surface area contributed by atoms with Crippen LogP contribution < -0.4 is 10.1 Å². The quantitative estimate of drug-likeness (QED) is 0.773. The number of aryl methyl sites for hydroxylation is 1. The van der Waals surface area contributed by atoms with E-state index in [-0.39, 0.29) is 11.8 Å². The molecule has 1 aliphatic rings. The van der Waals surface area contributed by atoms with E-state index in [0.29, 0.717) is 6.42 Å². The predicted molar refractivity (Wildman–Crippen MR) is 102 cm³/mol. The summed E-state index contributed by atoms with van der Waals surface area (Å²) in [6.07, 6.45) is 5.01. The number of pyridine rings is 1. The van der Waals surface area contributed by atoms with E-state index in [4.69, 9.17) is 4.74 Å². The number of rotatable bonds is 4. The molecule has 130 valence electrons. The van der Waals surface area contributed by atoms with Crippen molar-refractivity contribution in [2.45, 2.75) is 18.8 Å². The van der Waals surface area contributed by atoms with Gasteiger partial charge in [0, 0.05) is 30.4 Å². The van der Waals surface area contributed by atoms with Crippen LogP contribution in [-0.2, 0) is 11.2 Å². The minimum absolute atomic E-state index is 0.0811. The van der Waals surface area contributed by atoms with Crippen molar-refractivity contribution in [2.75, 3.05) is 12.4 Å². The van der Waals surface area contributed by atoms with Gasteiger partial charge < -0.3 is 10.1 Å². The van der Waals surface area contributed by atoms with Crippen molar-refractivity contribution in [3.8, 4) is 5.75 Å². The third-order valence-electron chi connectivity index (χ3n) is 4.83. The van der Waals surface area contributed by atoms with Crippen molar-refractivity contribution < 1.29 is 9.53 Å². The number of carbonyl (C=O) groups excluding carboxylic acids is 1. The normalized spacial score (nSPS) is 14.3. The lowest BCUT2D eigenvalue weighted by Gasteiger charge is -2.22. The molecule has 4 nitrogen and oxygen atoms in total. The number of fused-ring (bicyclic) bond motifs is 1. The highest BCUT2D eigenvalue weighted by molar-refractivity contribution is 5.93. The maximum Gasteiger partial charge on any atom is 0.224 e. The number of nitrogens with one attached hydrogen (secondary N) is 1. The summed E-state index contributed by atoms with van der Waals surface area (Å²) < 4.78 is 5.29. The number of hydrogen-bond donors (Lipinski definition) is 1. The fourth-order valence-corrected chi connectivity index (χ4v) is 3.50. The number of hydrogen-bond acceptors (Lipinski definition) is 3. The predicted octanol–water partition coefficient (Wildman–Crippen LogP) is 4.16. The van der Waals surface area contributed by atoms with Crippen molar-refractivity contribution in [3.05, 3.63) is 89.2 Å². The van der Waals surface area contributed by atoms with E-state index in [2.05, 4.69) is 40.6 Å². The van der Waals surface area contributed by atoms with E-state index in [1.54, 1.807) is 13.3 Å². The molecule has 4 heteroatoms. The van der Waals surface area contributed by atoms with Gasteiger partial charge in [-0.1, -0.05) is 30.3 Å². The second-order valence-corrected chi connectivity index (χ2v) is 6.46. The van der Waals surface area contributed by atoms with Crippen LogP contribution in [0, 0.1) is 0 Å². The molecule has 0 radical (unpaired) electrons. The standard InChI is InChI=1S/C22H20N2O2/c1-26-19-8-4-15(5-9-19)22(18-3-2-12-23-14-18)17-6-10-20-16(13-17)7-11-21(25)24-20/h2-6,8-10,12-14,22H,7,11H2,1H3,(H,24,25). The van der Waals surface area contributed by atoms with Gasteiger partial charge in [-0.2, -0.15) is 0 Å². The van der Waals surface area contributed by atoms with Crippen LogP contribution >= 0.6 is 0 Å². The molecule has 3 aromatic rings. The van der Waals surface area contributed by atoms with Gasteiger partial charge in [-0.15, -0.1) is 0 Å². The molecule has 4 rings (SSSR count). The van der Waals surface area contributed by atoms with Crippen LogP contribution in [0.4, 0.5) is 5.69 Å². The molecule has 1 amide bonds. The van der Waals surface area contributed by atoms with Crippen molar-refractivity contribution >= 4 is 11.6 Å². The van der Waals surface area contributed by atoms with Crippen LogP contribution in [0.1, 0.15) is 34.6 Å². The SMILES string of the molecule is COc1ccc(C(c2cccnc2)c2ccc3c(c2)CCC(=O)N3)cc1. The highest BCUT2D eigenvalue weighted by Gasteiger charge is 2.21. The first-order valence-electron chi connectivity index (χ1n) is 8.71. The number of aromatic nitrogens is 1. The molecule has 1 aromatic heterocycles. The maximum absolute atomic E-state index is 11.6. The van der Waals surface area contributed by atoms with E-state index >= 15 is 0 Å². The van der Waals surface area contributed by atoms with Crippen LogP contribution in [-0.4, -0.2) is 18.0 Å². The summed E-state index contributed by atoms with van der Waals surface area (Å²) in [5.74, 6) is 1.01. The first-order valence-corrected chi connectivity index (χ1v) is 8.71. The van der Waals surface area contributed by atoms with Gasteiger partial charge in [0.15, 0.2) is 0 Å². The van der Waals surface area contributed by atoms with E-state index in [0.717, 1.165) is 23.4 Å². The molecule has 2 heterocycles. The molecule has 26 heavy (non-hydrogen) atoms. The summed E-state index contributed by atoms with van der Waals surface area (Å²) in [6, 6.07) is 18.5. The zero-order chi connectivity index (χ0) is 17.9. The molecule has 0 fully saturated rings. The first kappa shape index (κ1) is 16.3. The molecule has 1 aliphatic heterocycles. The highest BCUT2D eigenvalue weighted by Crippen LogP contribution is 2.35. The monoisotopic (exact) mass is 344 g/mol. The average molecular weight is 344 g/mol. The number of methoxy groups -OCH3 is 1. The molecule has 1 atom stereocenters. The maximum atomic E-state index is 11.6. The Labute approximate surface area is 152 Å². The molecule has 0 saturated heterocycles. The van der Waals surface area contributed by atoms with Crippen molar-refractivity contribution in [1.82, 2.24) is 4.98 Å². The summed E-state index contributed by atoms with van der Waals surface area (Å²) in [7, 11) is 1.67. The molecule has 2 aromatic carbocycles. The Kier molecular flexibility index (Phi) is 4.40. The van der Waals surface area contributed by atoms with Crippen LogP contribution in [0.15, 0.2) is 67.0 Å². The molecule has 1 unspecified atom stereocenters. The van der Waals surface area contributed by atoms with Crippen molar-refractivity contribution in [2.24, 2.45) is 0 Å². The third-order valence-corrected chi connectivity index (χ3v) is 4.83. The molecule has 1 N–H and O–H groups in total. The van der Waals surface area contributed by atoms with Crippen molar-refractivity contribution in [3.63, 3.8) is 0 Å². The largest absolute Gasteiger partial charge is 0.497 e. The Morgan fingerprint density at radius 1 is 1.00 bits per heavy atom. The third kappa shape index (κ3) is 3.18. The van der Waals surface area contributed by atoms with E-state index in [1.807, 2.05) is 30.5 Å². The minimum atomic E-state index is 0.0811. The second-order valence-electron chi connectivity index (χ2n) is 6.46. The van der Waals surface area contributed by atoms with Gasteiger partial charge in [0.25, 0.3) is 0 Å². The molecule has 0 spiro atoms. The summed E-state index contributed by atoms with van der Waals surface area (Å²) in [5.41, 5.74) is 5.61. The zero-order valence-electron chi connectivity index (χ0n) is 14.6. The lowest BCUT2D eigenvalue weighted by Crippen LogP contribution is -2.19. The minimum Gasteiger partial charge on any atom is -0.497 e. The molecular formula is C22H20N2O2. The van der Waals surface area contributed by atoms with Crippen LogP contribution in [0.3, 0.4) is 0 Å². The van der Waals surface area contributed by atoms with Crippen LogP contribution in [0.5, 0.6) is 5.75 Å². The second kappa shape index (κ2) is 7.00. The number of ether oxygens (including phenoxy) is 1. The summed E-state index contributed by atoms with van der Waals surface area (Å²) in [6.45, 7) is 0. The van der Waals surface area contributed by atoms with Gasteiger partial charge in [0.1, 0.15) is 5.75 Å². The van der Waals surface area contributed by atoms with Gasteiger partial charge in [0.05, 0.1) is 7.11 Å². The van der Waals surface area contributed by atoms with E-state index in [1.165, 1.54) is 16.7 Å². The van der Waals surface area contributed by atoms with Gasteiger partial charge in [0.2, 0.25) is 5.91 Å². The fourth-order valence-electron chi connectivity index (χ4n) is 3.50. The lowest BCUT2D eigenvalue weighted by molar-refractivity contribution is -0.116. The first-order chi connectivity index (χ1) is 12.7. The Balaban J connectivity index is 1.79. The Morgan fingerprint density at radius 3 is 2.54 bits per heavy atom. The Hall–Kier alpha value is -3.14. The summed E-state index contributed by atoms with van der Waals surface area (Å²) in [4.78, 5) is 15.9. The van der Waals surface area contributed by atoms with Crippen molar-refractivity contribution in [1.29, 1.82) is 0 Å². The fraction of sp³-hybridized carbons (Fsp3) is 0.182. The van der Waals surface area contributed by atoms with E-state index < -0.39 is 0 Å². The Bertz CT molecular complexity index is 921. The summed E-state index contributed by atoms with van der Waals surface area (Å²) in [5, 5.41) is 2.95. The average Bonchev–Trinajstić information content (AvgIpc) is 2.69. The number of carbonyl (C=O) groups is 1. The number of anilines is 1. The number of nitrogens with zero attached hydrogens (tertiary/aromatic N) is 1. The van der Waals surface area contributed by atoms with E-state index in [9.17, 15) is 4.79 Å². The highest BCUT2D eigenvalue weighted by atomic mass is 16.5. The molecule has 0 saturated carbocycles. The van der Waals surface area contributed by atoms with Gasteiger partial charge >= 0.3 is 0 Å². The number of amides is 1. The number of benzene rings is 2. The van der Waals surface area contributed by atoms with Gasteiger partial charge in [-0.25, -0.2) is 0 Å². The van der Waals surface area contributed by atoms with Gasteiger partial charge in [-0.05, 0) is 52.9 Å². The summed E-state index contributed by atoms with van der Waals surface area (Å²) >= 11 is 0. The molecule has 0 aliphatic carbocycles. The van der Waals surface area contributed by atoms with Gasteiger partial charge in [-0.3, -0.25) is 9.78 Å². The lowest BCUT2D eigenvalue weighted by atomic mass is 9.84. The molecule has 0 bridgehead atoms. The van der Waals surface area contributed by atoms with Crippen LogP contribution in [0.2, 0.25) is 0 Å². The van der Waals surface area contributed by atoms with Crippen LogP contribution in [0.25, 0.3) is 0 Å².